The van der Waals surface area contributed by atoms with E-state index in [0.717, 1.165) is 24.3 Å². The first-order valence-electron chi connectivity index (χ1n) is 7.38. The van der Waals surface area contributed by atoms with E-state index < -0.39 is 0 Å². The van der Waals surface area contributed by atoms with Crippen LogP contribution in [0, 0.1) is 0 Å². The van der Waals surface area contributed by atoms with E-state index in [2.05, 4.69) is 37.4 Å². The predicted octanol–water partition coefficient (Wildman–Crippen LogP) is 1.61. The number of imidazole rings is 1. The molecule has 0 radical (unpaired) electrons. The Balaban J connectivity index is 1.71. The average molecular weight is 297 g/mol. The number of nitrogens with zero attached hydrogens (tertiary/aromatic N) is 3. The summed E-state index contributed by atoms with van der Waals surface area (Å²) in [5, 5.41) is 12.8. The quantitative estimate of drug-likeness (QED) is 0.617. The van der Waals surface area contributed by atoms with Crippen LogP contribution in [0.1, 0.15) is 23.6 Å². The van der Waals surface area contributed by atoms with Crippen molar-refractivity contribution in [1.29, 1.82) is 0 Å². The summed E-state index contributed by atoms with van der Waals surface area (Å²) < 4.78 is 0. The monoisotopic (exact) mass is 297 g/mol. The van der Waals surface area contributed by atoms with E-state index in [4.69, 9.17) is 0 Å². The van der Waals surface area contributed by atoms with Crippen LogP contribution >= 0.6 is 0 Å². The van der Waals surface area contributed by atoms with E-state index in [-0.39, 0.29) is 12.5 Å². The maximum absolute atomic E-state index is 9.34. The maximum atomic E-state index is 9.34. The molecular weight excluding hydrogens is 278 g/mol. The Kier molecular flexibility index (Phi) is 4.72. The van der Waals surface area contributed by atoms with Gasteiger partial charge in [0.25, 0.3) is 0 Å². The molecule has 1 aromatic carbocycles. The van der Waals surface area contributed by atoms with Crippen LogP contribution < -0.4 is 5.32 Å². The molecule has 0 amide bonds. The van der Waals surface area contributed by atoms with Gasteiger partial charge in [0.15, 0.2) is 5.65 Å². The highest BCUT2D eigenvalue weighted by Crippen LogP contribution is 2.22. The Morgan fingerprint density at radius 1 is 1.14 bits per heavy atom. The van der Waals surface area contributed by atoms with Crippen LogP contribution in [0.15, 0.2) is 43.0 Å². The van der Waals surface area contributed by atoms with Crippen molar-refractivity contribution in [1.82, 2.24) is 25.3 Å². The standard InChI is InChI=1S/C16H19N5O/c22-7-6-13(9-17-8-12-4-2-1-3-5-12)14-15-16(20-10-18-14)21-11-19-15/h1-5,10-11,13,17,22H,6-9H2,(H,18,19,20,21). The molecule has 0 aliphatic rings. The van der Waals surface area contributed by atoms with E-state index in [1.54, 1.807) is 6.33 Å². The molecular formula is C16H19N5O. The van der Waals surface area contributed by atoms with Crippen LogP contribution in [0.25, 0.3) is 11.2 Å². The second kappa shape index (κ2) is 7.11. The molecule has 1 unspecified atom stereocenters. The Morgan fingerprint density at radius 2 is 2.00 bits per heavy atom. The zero-order chi connectivity index (χ0) is 15.2. The number of nitrogens with one attached hydrogen (secondary N) is 2. The number of aliphatic hydroxyl groups is 1. The van der Waals surface area contributed by atoms with Gasteiger partial charge >= 0.3 is 0 Å². The summed E-state index contributed by atoms with van der Waals surface area (Å²) in [5.41, 5.74) is 3.65. The molecule has 3 N–H and O–H groups in total. The summed E-state index contributed by atoms with van der Waals surface area (Å²) >= 11 is 0. The molecule has 0 saturated heterocycles. The molecule has 0 fully saturated rings. The predicted molar refractivity (Wildman–Crippen MR) is 84.3 cm³/mol. The number of H-pyrrole nitrogens is 1. The summed E-state index contributed by atoms with van der Waals surface area (Å²) in [5.74, 6) is 0.111. The second-order valence-electron chi connectivity index (χ2n) is 5.19. The third-order valence-electron chi connectivity index (χ3n) is 3.68. The van der Waals surface area contributed by atoms with Crippen molar-refractivity contribution in [3.63, 3.8) is 0 Å². The molecule has 0 aliphatic carbocycles. The van der Waals surface area contributed by atoms with Crippen LogP contribution in [-0.4, -0.2) is 38.2 Å². The van der Waals surface area contributed by atoms with Crippen LogP contribution in [0.2, 0.25) is 0 Å². The van der Waals surface area contributed by atoms with Gasteiger partial charge in [0.1, 0.15) is 11.8 Å². The number of rotatable bonds is 7. The van der Waals surface area contributed by atoms with Gasteiger partial charge in [0.2, 0.25) is 0 Å². The first kappa shape index (κ1) is 14.6. The number of aromatic amines is 1. The van der Waals surface area contributed by atoms with Gasteiger partial charge in [0.05, 0.1) is 12.0 Å². The summed E-state index contributed by atoms with van der Waals surface area (Å²) in [6.45, 7) is 1.65. The van der Waals surface area contributed by atoms with E-state index in [1.807, 2.05) is 18.2 Å². The maximum Gasteiger partial charge on any atom is 0.180 e. The molecule has 0 saturated carbocycles. The third kappa shape index (κ3) is 3.29. The minimum Gasteiger partial charge on any atom is -0.396 e. The minimum absolute atomic E-state index is 0.111. The Morgan fingerprint density at radius 3 is 2.82 bits per heavy atom. The van der Waals surface area contributed by atoms with Gasteiger partial charge in [-0.2, -0.15) is 0 Å². The topological polar surface area (TPSA) is 86.7 Å². The zero-order valence-electron chi connectivity index (χ0n) is 12.2. The molecule has 0 spiro atoms. The van der Waals surface area contributed by atoms with Crippen molar-refractivity contribution < 1.29 is 5.11 Å². The Bertz CT molecular complexity index is 713. The first-order valence-corrected chi connectivity index (χ1v) is 7.38. The SMILES string of the molecule is OCCC(CNCc1ccccc1)c1ncnc2nc[nH]c12. The molecule has 2 aromatic heterocycles. The molecule has 3 rings (SSSR count). The average Bonchev–Trinajstić information content (AvgIpc) is 3.04. The number of aromatic nitrogens is 4. The molecule has 22 heavy (non-hydrogen) atoms. The third-order valence-corrected chi connectivity index (χ3v) is 3.68. The highest BCUT2D eigenvalue weighted by Gasteiger charge is 2.17. The van der Waals surface area contributed by atoms with Crippen LogP contribution in [0.4, 0.5) is 0 Å². The summed E-state index contributed by atoms with van der Waals surface area (Å²) in [6.07, 6.45) is 3.79. The van der Waals surface area contributed by atoms with E-state index in [0.29, 0.717) is 12.1 Å². The zero-order valence-corrected chi connectivity index (χ0v) is 12.2. The van der Waals surface area contributed by atoms with Crippen molar-refractivity contribution in [3.05, 3.63) is 54.2 Å². The lowest BCUT2D eigenvalue weighted by atomic mass is 10.0. The Hall–Kier alpha value is -2.31. The van der Waals surface area contributed by atoms with Crippen LogP contribution in [-0.2, 0) is 6.54 Å². The number of hydrogen-bond donors (Lipinski definition) is 3. The molecule has 6 nitrogen and oxygen atoms in total. The highest BCUT2D eigenvalue weighted by molar-refractivity contribution is 5.72. The summed E-state index contributed by atoms with van der Waals surface area (Å²) in [6, 6.07) is 10.2. The van der Waals surface area contributed by atoms with Gasteiger partial charge < -0.3 is 15.4 Å². The van der Waals surface area contributed by atoms with E-state index in [9.17, 15) is 5.11 Å². The molecule has 0 bridgehead atoms. The fraction of sp³-hybridized carbons (Fsp3) is 0.312. The van der Waals surface area contributed by atoms with E-state index >= 15 is 0 Å². The van der Waals surface area contributed by atoms with Crippen LogP contribution in [0.3, 0.4) is 0 Å². The lowest BCUT2D eigenvalue weighted by Crippen LogP contribution is -2.23. The van der Waals surface area contributed by atoms with Crippen molar-refractivity contribution in [2.24, 2.45) is 0 Å². The molecule has 3 aromatic rings. The van der Waals surface area contributed by atoms with Gasteiger partial charge in [-0.3, -0.25) is 0 Å². The molecule has 2 heterocycles. The van der Waals surface area contributed by atoms with Gasteiger partial charge in [-0.15, -0.1) is 0 Å². The lowest BCUT2D eigenvalue weighted by molar-refractivity contribution is 0.273. The largest absolute Gasteiger partial charge is 0.396 e. The van der Waals surface area contributed by atoms with Crippen molar-refractivity contribution in [2.45, 2.75) is 18.9 Å². The fourth-order valence-corrected chi connectivity index (χ4v) is 2.57. The van der Waals surface area contributed by atoms with Crippen molar-refractivity contribution >= 4 is 11.2 Å². The van der Waals surface area contributed by atoms with Gasteiger partial charge in [-0.05, 0) is 12.0 Å². The number of hydrogen-bond acceptors (Lipinski definition) is 5. The molecule has 114 valence electrons. The fourth-order valence-electron chi connectivity index (χ4n) is 2.57. The normalized spacial score (nSPS) is 12.6. The molecule has 6 heteroatoms. The molecule has 0 aliphatic heterocycles. The highest BCUT2D eigenvalue weighted by atomic mass is 16.3. The van der Waals surface area contributed by atoms with Crippen LogP contribution in [0.5, 0.6) is 0 Å². The summed E-state index contributed by atoms with van der Waals surface area (Å²) in [4.78, 5) is 15.8. The number of fused-ring (bicyclic) bond motifs is 1. The molecule has 1 atom stereocenters. The van der Waals surface area contributed by atoms with Gasteiger partial charge in [-0.1, -0.05) is 30.3 Å². The Labute approximate surface area is 128 Å². The number of aliphatic hydroxyl groups excluding tert-OH is 1. The number of benzene rings is 1. The van der Waals surface area contributed by atoms with Gasteiger partial charge in [-0.25, -0.2) is 15.0 Å². The van der Waals surface area contributed by atoms with Crippen molar-refractivity contribution in [3.8, 4) is 0 Å². The lowest BCUT2D eigenvalue weighted by Gasteiger charge is -2.16. The second-order valence-corrected chi connectivity index (χ2v) is 5.19. The minimum atomic E-state index is 0.111. The van der Waals surface area contributed by atoms with Crippen molar-refractivity contribution in [2.75, 3.05) is 13.2 Å². The first-order chi connectivity index (χ1) is 10.9. The van der Waals surface area contributed by atoms with Gasteiger partial charge in [0, 0.05) is 25.6 Å². The van der Waals surface area contributed by atoms with E-state index in [1.165, 1.54) is 11.9 Å². The smallest absolute Gasteiger partial charge is 0.180 e. The summed E-state index contributed by atoms with van der Waals surface area (Å²) in [7, 11) is 0.